The molecule has 0 radical (unpaired) electrons. The van der Waals surface area contributed by atoms with E-state index in [2.05, 4.69) is 76.3 Å². The summed E-state index contributed by atoms with van der Waals surface area (Å²) in [6.45, 7) is 12.0. The van der Waals surface area contributed by atoms with Crippen molar-refractivity contribution in [2.75, 3.05) is 24.0 Å². The lowest BCUT2D eigenvalue weighted by atomic mass is 10.0. The molecule has 0 aromatic heterocycles. The van der Waals surface area contributed by atoms with Gasteiger partial charge in [0.25, 0.3) is 0 Å². The molecular weight excluding hydrogens is 276 g/mol. The zero-order chi connectivity index (χ0) is 16.0. The highest BCUT2D eigenvalue weighted by molar-refractivity contribution is 7.98. The summed E-state index contributed by atoms with van der Waals surface area (Å²) in [4.78, 5) is 2.42. The van der Waals surface area contributed by atoms with Crippen molar-refractivity contribution in [3.8, 4) is 0 Å². The lowest BCUT2D eigenvalue weighted by Crippen LogP contribution is -2.35. The fourth-order valence-electron chi connectivity index (χ4n) is 2.36. The van der Waals surface area contributed by atoms with Crippen LogP contribution >= 0.6 is 11.8 Å². The van der Waals surface area contributed by atoms with E-state index in [1.54, 1.807) is 0 Å². The average Bonchev–Trinajstić information content (AvgIpc) is 2.41. The fourth-order valence-corrected chi connectivity index (χ4v) is 3.21. The molecular formula is C18H32N2S. The van der Waals surface area contributed by atoms with E-state index >= 15 is 0 Å². The molecule has 0 fully saturated rings. The Labute approximate surface area is 135 Å². The van der Waals surface area contributed by atoms with Crippen LogP contribution in [0.3, 0.4) is 0 Å². The van der Waals surface area contributed by atoms with Gasteiger partial charge in [0.2, 0.25) is 0 Å². The number of anilines is 1. The first-order valence-corrected chi connectivity index (χ1v) is 9.24. The predicted molar refractivity (Wildman–Crippen MR) is 98.6 cm³/mol. The second kappa shape index (κ2) is 8.09. The minimum atomic E-state index is 0.160. The van der Waals surface area contributed by atoms with Crippen molar-refractivity contribution in [2.24, 2.45) is 0 Å². The third kappa shape index (κ3) is 5.91. The third-order valence-electron chi connectivity index (χ3n) is 3.92. The molecule has 1 aromatic rings. The summed E-state index contributed by atoms with van der Waals surface area (Å²) in [5.74, 6) is 1.18. The Bertz CT molecular complexity index is 437. The minimum Gasteiger partial charge on any atom is -0.371 e. The minimum absolute atomic E-state index is 0.160. The highest BCUT2D eigenvalue weighted by atomic mass is 32.2. The molecule has 1 atom stereocenters. The quantitative estimate of drug-likeness (QED) is 0.800. The smallest absolute Gasteiger partial charge is 0.0374 e. The Kier molecular flexibility index (Phi) is 7.08. The van der Waals surface area contributed by atoms with Crippen molar-refractivity contribution in [3.63, 3.8) is 0 Å². The molecule has 0 heterocycles. The van der Waals surface area contributed by atoms with Gasteiger partial charge < -0.3 is 10.2 Å². The SMILES string of the molecule is CCC(CSC)N(C)c1ccc(CNC(C)(C)C)c(C)c1. The third-order valence-corrected chi connectivity index (χ3v) is 4.64. The summed E-state index contributed by atoms with van der Waals surface area (Å²) >= 11 is 1.92. The predicted octanol–water partition coefficient (Wildman–Crippen LogP) is 4.46. The van der Waals surface area contributed by atoms with Gasteiger partial charge >= 0.3 is 0 Å². The molecule has 0 saturated heterocycles. The molecule has 0 spiro atoms. The summed E-state index contributed by atoms with van der Waals surface area (Å²) < 4.78 is 0. The Morgan fingerprint density at radius 1 is 1.29 bits per heavy atom. The van der Waals surface area contributed by atoms with Crippen molar-refractivity contribution in [1.29, 1.82) is 0 Å². The number of nitrogens with zero attached hydrogens (tertiary/aromatic N) is 1. The van der Waals surface area contributed by atoms with Gasteiger partial charge in [0.1, 0.15) is 0 Å². The summed E-state index contributed by atoms with van der Waals surface area (Å²) in [6, 6.07) is 7.46. The Morgan fingerprint density at radius 2 is 1.95 bits per heavy atom. The van der Waals surface area contributed by atoms with Gasteiger partial charge in [0, 0.05) is 36.6 Å². The number of nitrogens with one attached hydrogen (secondary N) is 1. The Balaban J connectivity index is 2.81. The number of benzene rings is 1. The largest absolute Gasteiger partial charge is 0.371 e. The molecule has 0 aliphatic heterocycles. The highest BCUT2D eigenvalue weighted by Gasteiger charge is 2.14. The van der Waals surface area contributed by atoms with E-state index in [4.69, 9.17) is 0 Å². The zero-order valence-corrected chi connectivity index (χ0v) is 15.6. The number of hydrogen-bond donors (Lipinski definition) is 1. The van der Waals surface area contributed by atoms with E-state index in [9.17, 15) is 0 Å². The summed E-state index contributed by atoms with van der Waals surface area (Å²) in [5, 5.41) is 3.56. The number of hydrogen-bond acceptors (Lipinski definition) is 3. The van der Waals surface area contributed by atoms with Crippen LogP contribution in [0.2, 0.25) is 0 Å². The second-order valence-electron chi connectivity index (χ2n) is 6.84. The number of thioether (sulfide) groups is 1. The van der Waals surface area contributed by atoms with E-state index in [0.717, 1.165) is 6.54 Å². The summed E-state index contributed by atoms with van der Waals surface area (Å²) in [5.41, 5.74) is 4.25. The molecule has 1 aromatic carbocycles. The molecule has 0 amide bonds. The molecule has 2 nitrogen and oxygen atoms in total. The monoisotopic (exact) mass is 308 g/mol. The van der Waals surface area contributed by atoms with Crippen molar-refractivity contribution in [2.45, 2.75) is 59.2 Å². The van der Waals surface area contributed by atoms with Crippen LogP contribution in [-0.4, -0.2) is 30.6 Å². The maximum absolute atomic E-state index is 3.56. The molecule has 120 valence electrons. The Hall–Kier alpha value is -0.670. The molecule has 1 rings (SSSR count). The van der Waals surface area contributed by atoms with Crippen LogP contribution in [0.25, 0.3) is 0 Å². The van der Waals surface area contributed by atoms with Gasteiger partial charge in [0.15, 0.2) is 0 Å². The molecule has 0 aliphatic carbocycles. The first kappa shape index (κ1) is 18.4. The standard InChI is InChI=1S/C18H32N2S/c1-8-16(13-21-7)20(6)17-10-9-15(14(2)11-17)12-19-18(3,4)5/h9-11,16,19H,8,12-13H2,1-7H3. The molecule has 1 N–H and O–H groups in total. The van der Waals surface area contributed by atoms with Crippen LogP contribution in [0.15, 0.2) is 18.2 Å². The first-order chi connectivity index (χ1) is 9.78. The van der Waals surface area contributed by atoms with Gasteiger partial charge in [-0.3, -0.25) is 0 Å². The normalized spacial score (nSPS) is 13.3. The van der Waals surface area contributed by atoms with Gasteiger partial charge in [-0.15, -0.1) is 0 Å². The van der Waals surface area contributed by atoms with E-state index in [1.807, 2.05) is 11.8 Å². The summed E-state index contributed by atoms with van der Waals surface area (Å²) in [6.07, 6.45) is 3.37. The average molecular weight is 309 g/mol. The lowest BCUT2D eigenvalue weighted by molar-refractivity contribution is 0.424. The van der Waals surface area contributed by atoms with E-state index in [-0.39, 0.29) is 5.54 Å². The maximum atomic E-state index is 3.56. The molecule has 3 heteroatoms. The molecule has 1 unspecified atom stereocenters. The van der Waals surface area contributed by atoms with Crippen LogP contribution < -0.4 is 10.2 Å². The van der Waals surface area contributed by atoms with Gasteiger partial charge in [-0.25, -0.2) is 0 Å². The number of rotatable bonds is 7. The van der Waals surface area contributed by atoms with E-state index < -0.39 is 0 Å². The van der Waals surface area contributed by atoms with Gasteiger partial charge in [0.05, 0.1) is 0 Å². The first-order valence-electron chi connectivity index (χ1n) is 7.84. The van der Waals surface area contributed by atoms with Crippen molar-refractivity contribution in [3.05, 3.63) is 29.3 Å². The van der Waals surface area contributed by atoms with Crippen molar-refractivity contribution >= 4 is 17.4 Å². The summed E-state index contributed by atoms with van der Waals surface area (Å²) in [7, 11) is 2.21. The van der Waals surface area contributed by atoms with Crippen LogP contribution in [0, 0.1) is 6.92 Å². The highest BCUT2D eigenvalue weighted by Crippen LogP contribution is 2.22. The van der Waals surface area contributed by atoms with E-state index in [1.165, 1.54) is 29.0 Å². The number of aryl methyl sites for hydroxylation is 1. The maximum Gasteiger partial charge on any atom is 0.0374 e. The van der Waals surface area contributed by atoms with E-state index in [0.29, 0.717) is 6.04 Å². The second-order valence-corrected chi connectivity index (χ2v) is 7.75. The van der Waals surface area contributed by atoms with Crippen molar-refractivity contribution in [1.82, 2.24) is 5.32 Å². The van der Waals surface area contributed by atoms with Crippen LogP contribution in [0.1, 0.15) is 45.2 Å². The van der Waals surface area contributed by atoms with Gasteiger partial charge in [-0.1, -0.05) is 13.0 Å². The zero-order valence-electron chi connectivity index (χ0n) is 14.8. The molecule has 0 aliphatic rings. The van der Waals surface area contributed by atoms with Gasteiger partial charge in [-0.2, -0.15) is 11.8 Å². The van der Waals surface area contributed by atoms with Crippen LogP contribution in [0.4, 0.5) is 5.69 Å². The topological polar surface area (TPSA) is 15.3 Å². The van der Waals surface area contributed by atoms with Crippen LogP contribution in [0.5, 0.6) is 0 Å². The lowest BCUT2D eigenvalue weighted by Gasteiger charge is -2.29. The van der Waals surface area contributed by atoms with Crippen LogP contribution in [-0.2, 0) is 6.54 Å². The fraction of sp³-hybridized carbons (Fsp3) is 0.667. The molecule has 0 saturated carbocycles. The Morgan fingerprint density at radius 3 is 2.43 bits per heavy atom. The molecule has 21 heavy (non-hydrogen) atoms. The molecule has 0 bridgehead atoms. The van der Waals surface area contributed by atoms with Gasteiger partial charge in [-0.05, 0) is 63.6 Å². The van der Waals surface area contributed by atoms with Crippen molar-refractivity contribution < 1.29 is 0 Å².